The second kappa shape index (κ2) is 7.96. The van der Waals surface area contributed by atoms with Gasteiger partial charge in [0.25, 0.3) is 11.8 Å². The highest BCUT2D eigenvalue weighted by Gasteiger charge is 2.44. The molecule has 0 radical (unpaired) electrons. The van der Waals surface area contributed by atoms with Crippen molar-refractivity contribution >= 4 is 40.2 Å². The second-order valence-electron chi connectivity index (χ2n) is 7.26. The van der Waals surface area contributed by atoms with Crippen molar-refractivity contribution in [2.45, 2.75) is 0 Å². The van der Waals surface area contributed by atoms with Gasteiger partial charge in [-0.1, -0.05) is 24.3 Å². The van der Waals surface area contributed by atoms with E-state index in [2.05, 4.69) is 9.88 Å². The van der Waals surface area contributed by atoms with Crippen molar-refractivity contribution in [3.8, 4) is 0 Å². The Kier molecular flexibility index (Phi) is 4.99. The topological polar surface area (TPSA) is 56.8 Å². The van der Waals surface area contributed by atoms with Crippen molar-refractivity contribution in [3.63, 3.8) is 0 Å². The van der Waals surface area contributed by atoms with Crippen molar-refractivity contribution < 1.29 is 14.0 Å². The zero-order valence-corrected chi connectivity index (χ0v) is 17.4. The minimum Gasteiger partial charge on any atom is -0.363 e. The molecular weight excluding hydrogens is 415 g/mol. The van der Waals surface area contributed by atoms with E-state index in [1.807, 2.05) is 40.6 Å². The van der Waals surface area contributed by atoms with Gasteiger partial charge in [0.05, 0.1) is 11.3 Å². The molecule has 3 aromatic rings. The summed E-state index contributed by atoms with van der Waals surface area (Å²) in [6.07, 6.45) is 1.75. The molecule has 5 rings (SSSR count). The highest BCUT2D eigenvalue weighted by Crippen LogP contribution is 2.37. The fourth-order valence-corrected chi connectivity index (χ4v) is 4.77. The van der Waals surface area contributed by atoms with Gasteiger partial charge in [-0.25, -0.2) is 14.3 Å². The standard InChI is InChI=1S/C23H19FN4O2S/c24-16-6-1-2-7-17(16)28-22(29)20(18-8-5-15-31-18)21(23(28)30)27-13-11-26(12-14-27)19-9-3-4-10-25-19/h1-10,15H,11-14H2. The van der Waals surface area contributed by atoms with Crippen LogP contribution >= 0.6 is 11.3 Å². The normalized spacial score (nSPS) is 17.1. The Hall–Kier alpha value is -3.52. The predicted molar refractivity (Wildman–Crippen MR) is 118 cm³/mol. The van der Waals surface area contributed by atoms with Crippen LogP contribution in [0.1, 0.15) is 4.88 Å². The molecule has 2 aromatic heterocycles. The molecule has 0 N–H and O–H groups in total. The third-order valence-corrected chi connectivity index (χ3v) is 6.38. The Labute approximate surface area is 182 Å². The van der Waals surface area contributed by atoms with Gasteiger partial charge in [0.2, 0.25) is 0 Å². The molecule has 1 fully saturated rings. The lowest BCUT2D eigenvalue weighted by Gasteiger charge is -2.37. The number of anilines is 2. The Bertz CT molecular complexity index is 1160. The van der Waals surface area contributed by atoms with E-state index in [-0.39, 0.29) is 5.69 Å². The number of imide groups is 1. The van der Waals surface area contributed by atoms with E-state index in [0.29, 0.717) is 42.3 Å². The van der Waals surface area contributed by atoms with Gasteiger partial charge < -0.3 is 9.80 Å². The molecule has 2 amide bonds. The van der Waals surface area contributed by atoms with Crippen LogP contribution in [0.25, 0.3) is 5.57 Å². The van der Waals surface area contributed by atoms with Crippen LogP contribution in [-0.4, -0.2) is 47.9 Å². The quantitative estimate of drug-likeness (QED) is 0.590. The summed E-state index contributed by atoms with van der Waals surface area (Å²) in [6.45, 7) is 2.45. The molecule has 0 atom stereocenters. The summed E-state index contributed by atoms with van der Waals surface area (Å²) in [6, 6.07) is 15.3. The lowest BCUT2D eigenvalue weighted by molar-refractivity contribution is -0.120. The fourth-order valence-electron chi connectivity index (χ4n) is 4.01. The molecule has 1 aromatic carbocycles. The van der Waals surface area contributed by atoms with Gasteiger partial charge in [0.1, 0.15) is 17.3 Å². The first-order valence-corrected chi connectivity index (χ1v) is 10.9. The Morgan fingerprint density at radius 1 is 0.839 bits per heavy atom. The summed E-state index contributed by atoms with van der Waals surface area (Å²) in [4.78, 5) is 36.9. The molecule has 31 heavy (non-hydrogen) atoms. The number of hydrogen-bond acceptors (Lipinski definition) is 6. The third kappa shape index (κ3) is 3.38. The minimum atomic E-state index is -0.601. The Balaban J connectivity index is 1.49. The maximum atomic E-state index is 14.5. The van der Waals surface area contributed by atoms with Crippen LogP contribution < -0.4 is 9.80 Å². The Morgan fingerprint density at radius 2 is 1.58 bits per heavy atom. The van der Waals surface area contributed by atoms with Gasteiger partial charge in [-0.3, -0.25) is 9.59 Å². The average Bonchev–Trinajstić information content (AvgIpc) is 3.41. The number of nitrogens with zero attached hydrogens (tertiary/aromatic N) is 4. The van der Waals surface area contributed by atoms with E-state index in [1.165, 1.54) is 29.5 Å². The first kappa shape index (κ1) is 19.4. The lowest BCUT2D eigenvalue weighted by Crippen LogP contribution is -2.48. The number of carbonyl (C=O) groups excluding carboxylic acids is 2. The number of halogens is 1. The average molecular weight is 434 g/mol. The van der Waals surface area contributed by atoms with Crippen molar-refractivity contribution in [1.82, 2.24) is 9.88 Å². The number of hydrogen-bond donors (Lipinski definition) is 0. The lowest BCUT2D eigenvalue weighted by atomic mass is 10.1. The van der Waals surface area contributed by atoms with Gasteiger partial charge in [-0.2, -0.15) is 0 Å². The molecule has 8 heteroatoms. The van der Waals surface area contributed by atoms with Crippen LogP contribution in [0, 0.1) is 5.82 Å². The van der Waals surface area contributed by atoms with Crippen LogP contribution in [0.2, 0.25) is 0 Å². The summed E-state index contributed by atoms with van der Waals surface area (Å²) in [5.41, 5.74) is 0.666. The molecule has 2 aliphatic heterocycles. The second-order valence-corrected chi connectivity index (χ2v) is 8.21. The third-order valence-electron chi connectivity index (χ3n) is 5.49. The highest BCUT2D eigenvalue weighted by atomic mass is 32.1. The van der Waals surface area contributed by atoms with Gasteiger partial charge in [-0.15, -0.1) is 11.3 Å². The van der Waals surface area contributed by atoms with E-state index in [1.54, 1.807) is 12.3 Å². The molecule has 6 nitrogen and oxygen atoms in total. The molecule has 0 aliphatic carbocycles. The minimum absolute atomic E-state index is 0.0197. The van der Waals surface area contributed by atoms with E-state index in [0.717, 1.165) is 10.7 Å². The van der Waals surface area contributed by atoms with E-state index in [4.69, 9.17) is 0 Å². The molecule has 0 bridgehead atoms. The van der Waals surface area contributed by atoms with E-state index < -0.39 is 17.6 Å². The van der Waals surface area contributed by atoms with Crippen LogP contribution in [-0.2, 0) is 9.59 Å². The molecule has 4 heterocycles. The van der Waals surface area contributed by atoms with Crippen LogP contribution in [0.15, 0.2) is 71.9 Å². The van der Waals surface area contributed by atoms with Crippen molar-refractivity contribution in [3.05, 3.63) is 82.6 Å². The summed E-state index contributed by atoms with van der Waals surface area (Å²) >= 11 is 1.39. The predicted octanol–water partition coefficient (Wildman–Crippen LogP) is 3.39. The maximum absolute atomic E-state index is 14.5. The summed E-state index contributed by atoms with van der Waals surface area (Å²) in [5, 5.41) is 1.86. The molecule has 2 aliphatic rings. The zero-order valence-electron chi connectivity index (χ0n) is 16.6. The molecule has 156 valence electrons. The summed E-state index contributed by atoms with van der Waals surface area (Å²) in [5.74, 6) is -0.683. The van der Waals surface area contributed by atoms with Crippen LogP contribution in [0.5, 0.6) is 0 Å². The number of amides is 2. The first-order chi connectivity index (χ1) is 15.1. The number of thiophene rings is 1. The van der Waals surface area contributed by atoms with Crippen LogP contribution in [0.4, 0.5) is 15.9 Å². The SMILES string of the molecule is O=C1C(c2cccs2)=C(N2CCN(c3ccccn3)CC2)C(=O)N1c1ccccc1F. The maximum Gasteiger partial charge on any atom is 0.282 e. The van der Waals surface area contributed by atoms with Crippen molar-refractivity contribution in [1.29, 1.82) is 0 Å². The van der Waals surface area contributed by atoms with Gasteiger partial charge in [0, 0.05) is 37.3 Å². The van der Waals surface area contributed by atoms with E-state index in [9.17, 15) is 14.0 Å². The molecule has 0 spiro atoms. The smallest absolute Gasteiger partial charge is 0.282 e. The zero-order chi connectivity index (χ0) is 21.4. The van der Waals surface area contributed by atoms with Crippen molar-refractivity contribution in [2.24, 2.45) is 0 Å². The molecular formula is C23H19FN4O2S. The number of pyridine rings is 1. The number of benzene rings is 1. The number of rotatable bonds is 4. The number of carbonyl (C=O) groups is 2. The fraction of sp³-hybridized carbons (Fsp3) is 0.174. The molecule has 1 saturated heterocycles. The Morgan fingerprint density at radius 3 is 2.26 bits per heavy atom. The molecule has 0 unspecified atom stereocenters. The number of para-hydroxylation sites is 1. The van der Waals surface area contributed by atoms with Crippen molar-refractivity contribution in [2.75, 3.05) is 36.0 Å². The number of aromatic nitrogens is 1. The monoisotopic (exact) mass is 434 g/mol. The molecule has 0 saturated carbocycles. The first-order valence-electron chi connectivity index (χ1n) is 9.97. The highest BCUT2D eigenvalue weighted by molar-refractivity contribution is 7.11. The largest absolute Gasteiger partial charge is 0.363 e. The van der Waals surface area contributed by atoms with E-state index >= 15 is 0 Å². The summed E-state index contributed by atoms with van der Waals surface area (Å²) < 4.78 is 14.5. The van der Waals surface area contributed by atoms with Crippen LogP contribution in [0.3, 0.4) is 0 Å². The van der Waals surface area contributed by atoms with Gasteiger partial charge in [0.15, 0.2) is 0 Å². The van der Waals surface area contributed by atoms with Gasteiger partial charge in [-0.05, 0) is 35.7 Å². The number of piperazine rings is 1. The van der Waals surface area contributed by atoms with Gasteiger partial charge >= 0.3 is 0 Å². The summed E-state index contributed by atoms with van der Waals surface area (Å²) in [7, 11) is 0.